The van der Waals surface area contributed by atoms with Crippen LogP contribution < -0.4 is 11.3 Å². The Morgan fingerprint density at radius 2 is 2.50 bits per heavy atom. The van der Waals surface area contributed by atoms with Crippen LogP contribution in [0.2, 0.25) is 5.22 Å². The number of furan rings is 1. The van der Waals surface area contributed by atoms with E-state index in [1.54, 1.807) is 17.1 Å². The lowest BCUT2D eigenvalue weighted by molar-refractivity contribution is 0.527. The maximum Gasteiger partial charge on any atom is 0.197 e. The molecule has 0 aliphatic heterocycles. The summed E-state index contributed by atoms with van der Waals surface area (Å²) < 4.78 is 6.79. The zero-order valence-corrected chi connectivity index (χ0v) is 9.61. The first kappa shape index (κ1) is 11.2. The molecule has 86 valence electrons. The molecule has 0 spiro atoms. The topological polar surface area (TPSA) is 69.0 Å². The lowest BCUT2D eigenvalue weighted by Gasteiger charge is -2.13. The fourth-order valence-corrected chi connectivity index (χ4v) is 1.87. The number of rotatable bonds is 4. The highest BCUT2D eigenvalue weighted by atomic mass is 35.5. The summed E-state index contributed by atoms with van der Waals surface area (Å²) in [6.07, 6.45) is 6.01. The molecular formula is C10H13ClN4O. The maximum atomic E-state index is 5.90. The zero-order chi connectivity index (χ0) is 11.5. The van der Waals surface area contributed by atoms with Crippen molar-refractivity contribution in [3.63, 3.8) is 0 Å². The van der Waals surface area contributed by atoms with E-state index in [0.717, 1.165) is 11.1 Å². The fourth-order valence-electron chi connectivity index (χ4n) is 1.63. The first-order valence-corrected chi connectivity index (χ1v) is 5.25. The standard InChI is InChI=1S/C10H13ClN4O/c1-15-6-7(5-13-15)4-9(14-12)8-2-3-16-10(8)11/h2-3,5-6,9,14H,4,12H2,1H3. The summed E-state index contributed by atoms with van der Waals surface area (Å²) >= 11 is 5.90. The molecule has 16 heavy (non-hydrogen) atoms. The second-order valence-electron chi connectivity index (χ2n) is 3.60. The molecule has 2 heterocycles. The van der Waals surface area contributed by atoms with Crippen molar-refractivity contribution in [2.75, 3.05) is 0 Å². The molecule has 3 N–H and O–H groups in total. The van der Waals surface area contributed by atoms with Gasteiger partial charge in [0.15, 0.2) is 5.22 Å². The molecule has 0 aromatic carbocycles. The maximum absolute atomic E-state index is 5.90. The Morgan fingerprint density at radius 1 is 1.69 bits per heavy atom. The Labute approximate surface area is 98.1 Å². The van der Waals surface area contributed by atoms with E-state index in [0.29, 0.717) is 11.6 Å². The molecule has 2 aromatic heterocycles. The number of halogens is 1. The number of hydrogen-bond donors (Lipinski definition) is 2. The smallest absolute Gasteiger partial charge is 0.197 e. The predicted molar refractivity (Wildman–Crippen MR) is 60.7 cm³/mol. The van der Waals surface area contributed by atoms with E-state index in [1.165, 1.54) is 0 Å². The highest BCUT2D eigenvalue weighted by Gasteiger charge is 2.16. The Kier molecular flexibility index (Phi) is 3.28. The van der Waals surface area contributed by atoms with Crippen molar-refractivity contribution in [2.24, 2.45) is 12.9 Å². The van der Waals surface area contributed by atoms with E-state index in [9.17, 15) is 0 Å². The van der Waals surface area contributed by atoms with Crippen molar-refractivity contribution in [3.8, 4) is 0 Å². The highest BCUT2D eigenvalue weighted by Crippen LogP contribution is 2.25. The predicted octanol–water partition coefficient (Wildman–Crippen LogP) is 1.41. The van der Waals surface area contributed by atoms with Gasteiger partial charge in [-0.25, -0.2) is 0 Å². The van der Waals surface area contributed by atoms with Crippen LogP contribution >= 0.6 is 11.6 Å². The average molecular weight is 241 g/mol. The van der Waals surface area contributed by atoms with E-state index in [4.69, 9.17) is 21.9 Å². The van der Waals surface area contributed by atoms with Crippen LogP contribution in [0.25, 0.3) is 0 Å². The van der Waals surface area contributed by atoms with Crippen LogP contribution in [0.15, 0.2) is 29.1 Å². The van der Waals surface area contributed by atoms with Crippen LogP contribution in [-0.4, -0.2) is 9.78 Å². The lowest BCUT2D eigenvalue weighted by Crippen LogP contribution is -2.29. The minimum atomic E-state index is -0.0737. The second-order valence-corrected chi connectivity index (χ2v) is 3.94. The van der Waals surface area contributed by atoms with Gasteiger partial charge in [-0.2, -0.15) is 5.10 Å². The van der Waals surface area contributed by atoms with E-state index in [2.05, 4.69) is 10.5 Å². The van der Waals surface area contributed by atoms with Crippen molar-refractivity contribution in [1.29, 1.82) is 0 Å². The molecule has 0 aliphatic rings. The van der Waals surface area contributed by atoms with E-state index in [1.807, 2.05) is 19.3 Å². The Bertz CT molecular complexity index is 465. The minimum Gasteiger partial charge on any atom is -0.453 e. The normalized spacial score (nSPS) is 12.9. The van der Waals surface area contributed by atoms with Gasteiger partial charge in [0, 0.05) is 18.8 Å². The second kappa shape index (κ2) is 4.69. The third-order valence-electron chi connectivity index (χ3n) is 2.42. The minimum absolute atomic E-state index is 0.0737. The van der Waals surface area contributed by atoms with Crippen LogP contribution in [0, 0.1) is 0 Å². The van der Waals surface area contributed by atoms with Crippen LogP contribution in [0.4, 0.5) is 0 Å². The van der Waals surface area contributed by atoms with Crippen LogP contribution in [0.3, 0.4) is 0 Å². The molecule has 1 atom stereocenters. The largest absolute Gasteiger partial charge is 0.453 e. The van der Waals surface area contributed by atoms with Crippen LogP contribution in [-0.2, 0) is 13.5 Å². The van der Waals surface area contributed by atoms with Gasteiger partial charge in [-0.1, -0.05) is 0 Å². The Morgan fingerprint density at radius 3 is 3.00 bits per heavy atom. The van der Waals surface area contributed by atoms with Gasteiger partial charge in [-0.15, -0.1) is 0 Å². The van der Waals surface area contributed by atoms with Gasteiger partial charge in [-0.05, 0) is 29.7 Å². The zero-order valence-electron chi connectivity index (χ0n) is 8.85. The van der Waals surface area contributed by atoms with Gasteiger partial charge >= 0.3 is 0 Å². The molecule has 5 nitrogen and oxygen atoms in total. The molecule has 2 aromatic rings. The number of hydrogen-bond acceptors (Lipinski definition) is 4. The van der Waals surface area contributed by atoms with E-state index < -0.39 is 0 Å². The van der Waals surface area contributed by atoms with E-state index in [-0.39, 0.29) is 6.04 Å². The van der Waals surface area contributed by atoms with Crippen molar-refractivity contribution in [3.05, 3.63) is 41.1 Å². The molecule has 2 rings (SSSR count). The summed E-state index contributed by atoms with van der Waals surface area (Å²) in [7, 11) is 1.87. The third kappa shape index (κ3) is 2.27. The molecule has 0 saturated heterocycles. The number of aromatic nitrogens is 2. The van der Waals surface area contributed by atoms with Crippen molar-refractivity contribution < 1.29 is 4.42 Å². The number of nitrogens with one attached hydrogen (secondary N) is 1. The SMILES string of the molecule is Cn1cc(CC(NN)c2ccoc2Cl)cn1. The molecular weight excluding hydrogens is 228 g/mol. The average Bonchev–Trinajstić information content (AvgIpc) is 2.84. The Balaban J connectivity index is 2.15. The summed E-state index contributed by atoms with van der Waals surface area (Å²) in [5, 5.41) is 4.47. The van der Waals surface area contributed by atoms with Gasteiger partial charge in [-0.3, -0.25) is 16.0 Å². The molecule has 0 radical (unpaired) electrons. The lowest BCUT2D eigenvalue weighted by atomic mass is 10.0. The number of aryl methyl sites for hydroxylation is 1. The quantitative estimate of drug-likeness (QED) is 0.626. The molecule has 1 unspecified atom stereocenters. The molecule has 0 bridgehead atoms. The summed E-state index contributed by atoms with van der Waals surface area (Å²) in [6.45, 7) is 0. The third-order valence-corrected chi connectivity index (χ3v) is 2.73. The molecule has 0 saturated carbocycles. The molecule has 0 aliphatic carbocycles. The van der Waals surface area contributed by atoms with Gasteiger partial charge in [0.05, 0.1) is 18.5 Å². The highest BCUT2D eigenvalue weighted by molar-refractivity contribution is 6.29. The van der Waals surface area contributed by atoms with Gasteiger partial charge < -0.3 is 4.42 Å². The van der Waals surface area contributed by atoms with Crippen LogP contribution in [0.1, 0.15) is 17.2 Å². The summed E-state index contributed by atoms with van der Waals surface area (Å²) in [5.74, 6) is 5.51. The van der Waals surface area contributed by atoms with E-state index >= 15 is 0 Å². The number of hydrazine groups is 1. The summed E-state index contributed by atoms with van der Waals surface area (Å²) in [4.78, 5) is 0. The first-order chi connectivity index (χ1) is 7.70. The monoisotopic (exact) mass is 240 g/mol. The van der Waals surface area contributed by atoms with Crippen molar-refractivity contribution in [2.45, 2.75) is 12.5 Å². The molecule has 6 heteroatoms. The first-order valence-electron chi connectivity index (χ1n) is 4.87. The summed E-state index contributed by atoms with van der Waals surface area (Å²) in [6, 6.07) is 1.74. The van der Waals surface area contributed by atoms with Crippen molar-refractivity contribution >= 4 is 11.6 Å². The molecule has 0 fully saturated rings. The number of nitrogens with two attached hydrogens (primary N) is 1. The fraction of sp³-hybridized carbons (Fsp3) is 0.300. The van der Waals surface area contributed by atoms with Crippen LogP contribution in [0.5, 0.6) is 0 Å². The van der Waals surface area contributed by atoms with Gasteiger partial charge in [0.2, 0.25) is 0 Å². The summed E-state index contributed by atoms with van der Waals surface area (Å²) in [5.41, 5.74) is 4.66. The number of nitrogens with zero attached hydrogens (tertiary/aromatic N) is 2. The van der Waals surface area contributed by atoms with Gasteiger partial charge in [0.25, 0.3) is 0 Å². The molecule has 0 amide bonds. The Hall–Kier alpha value is -1.30. The van der Waals surface area contributed by atoms with Crippen molar-refractivity contribution in [1.82, 2.24) is 15.2 Å². The van der Waals surface area contributed by atoms with Gasteiger partial charge in [0.1, 0.15) is 0 Å².